The average Bonchev–Trinajstić information content (AvgIpc) is 2.90. The molecule has 0 radical (unpaired) electrons. The predicted octanol–water partition coefficient (Wildman–Crippen LogP) is 2.95. The van der Waals surface area contributed by atoms with Crippen LogP contribution in [0.15, 0.2) is 16.4 Å². The first-order chi connectivity index (χ1) is 11.9. The Bertz CT molecular complexity index is 715. The topological polar surface area (TPSA) is 82.8 Å². The van der Waals surface area contributed by atoms with E-state index in [0.717, 1.165) is 22.4 Å². The lowest BCUT2D eigenvalue weighted by molar-refractivity contribution is -0.142. The van der Waals surface area contributed by atoms with E-state index in [-0.39, 0.29) is 11.2 Å². The van der Waals surface area contributed by atoms with Crippen LogP contribution in [0.4, 0.5) is 0 Å². The van der Waals surface area contributed by atoms with Crippen molar-refractivity contribution in [2.24, 2.45) is 7.05 Å². The molecule has 0 aliphatic rings. The van der Waals surface area contributed by atoms with Crippen molar-refractivity contribution in [3.63, 3.8) is 0 Å². The van der Waals surface area contributed by atoms with Crippen molar-refractivity contribution in [1.29, 1.82) is 0 Å². The second kappa shape index (κ2) is 9.19. The van der Waals surface area contributed by atoms with Crippen LogP contribution in [0.3, 0.4) is 0 Å². The van der Waals surface area contributed by atoms with Crippen LogP contribution >= 0.6 is 23.5 Å². The molecule has 25 heavy (non-hydrogen) atoms. The first-order valence-electron chi connectivity index (χ1n) is 8.11. The highest BCUT2D eigenvalue weighted by Gasteiger charge is 2.22. The van der Waals surface area contributed by atoms with E-state index in [1.807, 2.05) is 45.4 Å². The maximum absolute atomic E-state index is 12.0. The van der Waals surface area contributed by atoms with Gasteiger partial charge >= 0.3 is 5.97 Å². The summed E-state index contributed by atoms with van der Waals surface area (Å²) in [7, 11) is 1.90. The zero-order chi connectivity index (χ0) is 18.4. The predicted molar refractivity (Wildman–Crippen MR) is 98.6 cm³/mol. The van der Waals surface area contributed by atoms with Crippen LogP contribution in [0.1, 0.15) is 37.5 Å². The molecule has 0 bridgehead atoms. The van der Waals surface area contributed by atoms with E-state index in [1.54, 1.807) is 0 Å². The van der Waals surface area contributed by atoms with E-state index in [4.69, 9.17) is 4.74 Å². The number of thioether (sulfide) groups is 2. The molecular weight excluding hydrogens is 358 g/mol. The molecule has 0 aliphatic carbocycles. The van der Waals surface area contributed by atoms with Gasteiger partial charge in [0.1, 0.15) is 11.1 Å². The van der Waals surface area contributed by atoms with Crippen LogP contribution in [0.25, 0.3) is 0 Å². The minimum atomic E-state index is -0.272. The number of hydrogen-bond acceptors (Lipinski definition) is 8. The Labute approximate surface area is 156 Å². The Hall–Kier alpha value is -1.61. The van der Waals surface area contributed by atoms with Gasteiger partial charge in [0.15, 0.2) is 10.3 Å². The third-order valence-electron chi connectivity index (χ3n) is 3.39. The SMILES string of the molecule is CCOC(=O)C(CC)Sc1nnc(CSc2nc(C)cc(C)n2)n1C. The molecule has 0 N–H and O–H groups in total. The Balaban J connectivity index is 2.03. The second-order valence-electron chi connectivity index (χ2n) is 5.45. The van der Waals surface area contributed by atoms with Crippen LogP contribution < -0.4 is 0 Å². The molecule has 7 nitrogen and oxygen atoms in total. The van der Waals surface area contributed by atoms with E-state index in [0.29, 0.717) is 23.9 Å². The molecule has 0 fully saturated rings. The summed E-state index contributed by atoms with van der Waals surface area (Å²) in [6.07, 6.45) is 0.677. The minimum absolute atomic E-state index is 0.211. The lowest BCUT2D eigenvalue weighted by Crippen LogP contribution is -2.20. The van der Waals surface area contributed by atoms with Crippen LogP contribution in [0.5, 0.6) is 0 Å². The van der Waals surface area contributed by atoms with Crippen molar-refractivity contribution in [3.8, 4) is 0 Å². The van der Waals surface area contributed by atoms with E-state index in [9.17, 15) is 4.79 Å². The third-order valence-corrected chi connectivity index (χ3v) is 5.61. The minimum Gasteiger partial charge on any atom is -0.465 e. The van der Waals surface area contributed by atoms with Gasteiger partial charge in [0.05, 0.1) is 12.4 Å². The summed E-state index contributed by atoms with van der Waals surface area (Å²) in [5.74, 6) is 1.22. The standard InChI is InChI=1S/C16H23N5O2S2/c1-6-12(14(22)23-7-2)25-16-20-19-13(21(16)5)9-24-15-17-10(3)8-11(4)18-15/h8,12H,6-7,9H2,1-5H3. The Kier molecular flexibility index (Phi) is 7.24. The molecule has 0 saturated carbocycles. The molecule has 0 aromatic carbocycles. The monoisotopic (exact) mass is 381 g/mol. The molecule has 0 amide bonds. The number of nitrogens with zero attached hydrogens (tertiary/aromatic N) is 5. The van der Waals surface area contributed by atoms with Gasteiger partial charge < -0.3 is 9.30 Å². The highest BCUT2D eigenvalue weighted by atomic mass is 32.2. The maximum Gasteiger partial charge on any atom is 0.319 e. The molecule has 0 aliphatic heterocycles. The van der Waals surface area contributed by atoms with Crippen LogP contribution in [-0.4, -0.2) is 42.6 Å². The summed E-state index contributed by atoms with van der Waals surface area (Å²) in [5.41, 5.74) is 1.90. The number of hydrogen-bond donors (Lipinski definition) is 0. The van der Waals surface area contributed by atoms with Gasteiger partial charge in [0.2, 0.25) is 0 Å². The van der Waals surface area contributed by atoms with E-state index in [2.05, 4.69) is 20.2 Å². The summed E-state index contributed by atoms with van der Waals surface area (Å²) >= 11 is 2.91. The number of ether oxygens (including phenoxy) is 1. The fraction of sp³-hybridized carbons (Fsp3) is 0.562. The summed E-state index contributed by atoms with van der Waals surface area (Å²) in [6.45, 7) is 8.06. The molecule has 9 heteroatoms. The molecule has 2 aromatic rings. The van der Waals surface area contributed by atoms with Gasteiger partial charge in [-0.05, 0) is 33.3 Å². The second-order valence-corrected chi connectivity index (χ2v) is 7.56. The smallest absolute Gasteiger partial charge is 0.319 e. The number of carbonyl (C=O) groups excluding carboxylic acids is 1. The van der Waals surface area contributed by atoms with Gasteiger partial charge in [-0.15, -0.1) is 10.2 Å². The van der Waals surface area contributed by atoms with E-state index in [1.165, 1.54) is 23.5 Å². The van der Waals surface area contributed by atoms with Crippen LogP contribution in [0, 0.1) is 13.8 Å². The number of esters is 1. The highest BCUT2D eigenvalue weighted by Crippen LogP contribution is 2.26. The Morgan fingerprint density at radius 3 is 2.52 bits per heavy atom. The number of aromatic nitrogens is 5. The Morgan fingerprint density at radius 1 is 1.24 bits per heavy atom. The quantitative estimate of drug-likeness (QED) is 0.392. The molecule has 136 valence electrons. The van der Waals surface area contributed by atoms with Gasteiger partial charge in [-0.3, -0.25) is 4.79 Å². The van der Waals surface area contributed by atoms with Crippen molar-refractivity contribution < 1.29 is 9.53 Å². The van der Waals surface area contributed by atoms with Crippen LogP contribution in [-0.2, 0) is 22.3 Å². The molecule has 1 atom stereocenters. The zero-order valence-corrected chi connectivity index (χ0v) is 16.8. The fourth-order valence-corrected chi connectivity index (χ4v) is 3.98. The Morgan fingerprint density at radius 2 is 1.92 bits per heavy atom. The van der Waals surface area contributed by atoms with Crippen LogP contribution in [0.2, 0.25) is 0 Å². The number of aryl methyl sites for hydroxylation is 2. The molecule has 1 unspecified atom stereocenters. The third kappa shape index (κ3) is 5.43. The first kappa shape index (κ1) is 19.7. The van der Waals surface area contributed by atoms with Crippen molar-refractivity contribution in [1.82, 2.24) is 24.7 Å². The maximum atomic E-state index is 12.0. The lowest BCUT2D eigenvalue weighted by atomic mass is 10.3. The molecule has 2 heterocycles. The first-order valence-corrected chi connectivity index (χ1v) is 9.97. The molecular formula is C16H23N5O2S2. The molecule has 2 rings (SSSR count). The summed E-state index contributed by atoms with van der Waals surface area (Å²) < 4.78 is 7.01. The largest absolute Gasteiger partial charge is 0.465 e. The van der Waals surface area contributed by atoms with Gasteiger partial charge in [-0.25, -0.2) is 9.97 Å². The molecule has 0 spiro atoms. The van der Waals surface area contributed by atoms with Gasteiger partial charge in [0, 0.05) is 18.4 Å². The average molecular weight is 382 g/mol. The summed E-state index contributed by atoms with van der Waals surface area (Å²) in [4.78, 5) is 20.8. The van der Waals surface area contributed by atoms with E-state index >= 15 is 0 Å². The summed E-state index contributed by atoms with van der Waals surface area (Å²) in [5, 5.41) is 9.60. The molecule has 2 aromatic heterocycles. The molecule has 0 saturated heterocycles. The van der Waals surface area contributed by atoms with Crippen molar-refractivity contribution in [2.75, 3.05) is 6.61 Å². The zero-order valence-electron chi connectivity index (χ0n) is 15.1. The normalized spacial score (nSPS) is 12.2. The van der Waals surface area contributed by atoms with E-state index < -0.39 is 0 Å². The fourth-order valence-electron chi connectivity index (χ4n) is 2.12. The highest BCUT2D eigenvalue weighted by molar-refractivity contribution is 8.00. The van der Waals surface area contributed by atoms with Crippen molar-refractivity contribution in [3.05, 3.63) is 23.3 Å². The summed E-state index contributed by atoms with van der Waals surface area (Å²) in [6, 6.07) is 1.95. The van der Waals surface area contributed by atoms with Gasteiger partial charge in [-0.2, -0.15) is 0 Å². The lowest BCUT2D eigenvalue weighted by Gasteiger charge is -2.12. The number of rotatable bonds is 8. The van der Waals surface area contributed by atoms with Gasteiger partial charge in [-0.1, -0.05) is 30.4 Å². The van der Waals surface area contributed by atoms with Crippen molar-refractivity contribution >= 4 is 29.5 Å². The number of carbonyl (C=O) groups is 1. The van der Waals surface area contributed by atoms with Gasteiger partial charge in [0.25, 0.3) is 0 Å². The van der Waals surface area contributed by atoms with Crippen molar-refractivity contribution in [2.45, 2.75) is 55.4 Å².